The lowest BCUT2D eigenvalue weighted by Gasteiger charge is -2.07. The third-order valence-electron chi connectivity index (χ3n) is 2.39. The normalized spacial score (nSPS) is 10.3. The van der Waals surface area contributed by atoms with E-state index in [-0.39, 0.29) is 28.3 Å². The monoisotopic (exact) mass is 331 g/mol. The zero-order valence-electron chi connectivity index (χ0n) is 10.6. The summed E-state index contributed by atoms with van der Waals surface area (Å²) in [7, 11) is 0. The predicted octanol–water partition coefficient (Wildman–Crippen LogP) is 3.99. The van der Waals surface area contributed by atoms with Crippen LogP contribution in [0.1, 0.15) is 15.2 Å². The molecule has 0 spiro atoms. The van der Waals surface area contributed by atoms with Crippen LogP contribution in [0.2, 0.25) is 10.2 Å². The van der Waals surface area contributed by atoms with Gasteiger partial charge < -0.3 is 9.47 Å². The van der Waals surface area contributed by atoms with Crippen molar-refractivity contribution in [2.45, 2.75) is 6.92 Å². The number of halogens is 2. The fourth-order valence-corrected chi connectivity index (χ4v) is 2.48. The molecule has 0 fully saturated rings. The quantitative estimate of drug-likeness (QED) is 0.613. The van der Waals surface area contributed by atoms with E-state index in [9.17, 15) is 4.79 Å². The van der Waals surface area contributed by atoms with Crippen LogP contribution in [-0.4, -0.2) is 23.6 Å². The highest BCUT2D eigenvalue weighted by Crippen LogP contribution is 2.28. The van der Waals surface area contributed by atoms with E-state index in [1.54, 1.807) is 0 Å². The lowest BCUT2D eigenvalue weighted by Crippen LogP contribution is -2.11. The first-order valence-corrected chi connectivity index (χ1v) is 7.28. The van der Waals surface area contributed by atoms with Crippen LogP contribution in [0.5, 0.6) is 5.75 Å². The standard InChI is InChI=1S/C13H11Cl2NO3S/c1-8-2-4-9(5-3-8)18-6-7-19-13(17)11-10(14)12(15)16-20-11/h2-5H,6-7H2,1H3. The van der Waals surface area contributed by atoms with Gasteiger partial charge in [0.2, 0.25) is 0 Å². The highest BCUT2D eigenvalue weighted by Gasteiger charge is 2.18. The molecule has 20 heavy (non-hydrogen) atoms. The van der Waals surface area contributed by atoms with Gasteiger partial charge in [0.05, 0.1) is 0 Å². The Morgan fingerprint density at radius 1 is 1.25 bits per heavy atom. The number of hydrogen-bond donors (Lipinski definition) is 0. The van der Waals surface area contributed by atoms with Crippen molar-refractivity contribution in [2.75, 3.05) is 13.2 Å². The fourth-order valence-electron chi connectivity index (χ4n) is 1.38. The van der Waals surface area contributed by atoms with E-state index in [2.05, 4.69) is 4.37 Å². The average Bonchev–Trinajstić information content (AvgIpc) is 2.77. The third-order valence-corrected chi connectivity index (χ3v) is 4.17. The Labute approximate surface area is 130 Å². The molecule has 0 bridgehead atoms. The second-order valence-electron chi connectivity index (χ2n) is 3.91. The number of ether oxygens (including phenoxy) is 2. The molecule has 0 N–H and O–H groups in total. The predicted molar refractivity (Wildman–Crippen MR) is 79.1 cm³/mol. The molecule has 1 heterocycles. The van der Waals surface area contributed by atoms with Crippen LogP contribution in [0.3, 0.4) is 0 Å². The number of esters is 1. The van der Waals surface area contributed by atoms with Crippen LogP contribution < -0.4 is 4.74 Å². The fraction of sp³-hybridized carbons (Fsp3) is 0.231. The molecule has 0 saturated heterocycles. The highest BCUT2D eigenvalue weighted by atomic mass is 35.5. The Bertz CT molecular complexity index is 598. The van der Waals surface area contributed by atoms with Gasteiger partial charge in [0, 0.05) is 0 Å². The number of benzene rings is 1. The van der Waals surface area contributed by atoms with Crippen molar-refractivity contribution in [3.05, 3.63) is 44.9 Å². The number of nitrogens with zero attached hydrogens (tertiary/aromatic N) is 1. The minimum absolute atomic E-state index is 0.111. The van der Waals surface area contributed by atoms with E-state index < -0.39 is 5.97 Å². The Morgan fingerprint density at radius 2 is 1.95 bits per heavy atom. The number of hydrogen-bond acceptors (Lipinski definition) is 5. The summed E-state index contributed by atoms with van der Waals surface area (Å²) in [5.74, 6) is 0.178. The molecule has 7 heteroatoms. The maximum Gasteiger partial charge on any atom is 0.351 e. The van der Waals surface area contributed by atoms with E-state index >= 15 is 0 Å². The molecule has 0 atom stereocenters. The summed E-state index contributed by atoms with van der Waals surface area (Å²) in [4.78, 5) is 11.9. The van der Waals surface area contributed by atoms with E-state index in [0.29, 0.717) is 0 Å². The second kappa shape index (κ2) is 6.92. The molecule has 0 radical (unpaired) electrons. The van der Waals surface area contributed by atoms with Gasteiger partial charge in [0.25, 0.3) is 0 Å². The number of carbonyl (C=O) groups is 1. The minimum Gasteiger partial charge on any atom is -0.490 e. The Hall–Kier alpha value is -1.30. The molecule has 2 aromatic rings. The molecule has 0 amide bonds. The van der Waals surface area contributed by atoms with Gasteiger partial charge in [-0.15, -0.1) is 0 Å². The largest absolute Gasteiger partial charge is 0.490 e. The molecular formula is C13H11Cl2NO3S. The second-order valence-corrected chi connectivity index (χ2v) is 5.42. The van der Waals surface area contributed by atoms with Gasteiger partial charge >= 0.3 is 5.97 Å². The third kappa shape index (κ3) is 3.85. The zero-order chi connectivity index (χ0) is 14.5. The lowest BCUT2D eigenvalue weighted by molar-refractivity contribution is 0.0456. The molecule has 2 rings (SSSR count). The summed E-state index contributed by atoms with van der Waals surface area (Å²) in [6, 6.07) is 7.61. The van der Waals surface area contributed by atoms with Crippen molar-refractivity contribution < 1.29 is 14.3 Å². The summed E-state index contributed by atoms with van der Waals surface area (Å²) in [5.41, 5.74) is 1.15. The van der Waals surface area contributed by atoms with Crippen LogP contribution in [0.4, 0.5) is 0 Å². The van der Waals surface area contributed by atoms with Crippen molar-refractivity contribution in [1.82, 2.24) is 4.37 Å². The zero-order valence-corrected chi connectivity index (χ0v) is 12.9. The van der Waals surface area contributed by atoms with Crippen molar-refractivity contribution >= 4 is 40.7 Å². The summed E-state index contributed by atoms with van der Waals surface area (Å²) in [6.07, 6.45) is 0. The van der Waals surface area contributed by atoms with Gasteiger partial charge in [0.15, 0.2) is 10.0 Å². The summed E-state index contributed by atoms with van der Waals surface area (Å²) in [6.45, 7) is 2.38. The van der Waals surface area contributed by atoms with E-state index in [1.165, 1.54) is 0 Å². The first-order valence-electron chi connectivity index (χ1n) is 5.75. The number of carbonyl (C=O) groups excluding carboxylic acids is 1. The van der Waals surface area contributed by atoms with Crippen LogP contribution >= 0.6 is 34.7 Å². The van der Waals surface area contributed by atoms with Crippen molar-refractivity contribution in [3.8, 4) is 5.75 Å². The average molecular weight is 332 g/mol. The SMILES string of the molecule is Cc1ccc(OCCOC(=O)c2snc(Cl)c2Cl)cc1. The number of rotatable bonds is 5. The van der Waals surface area contributed by atoms with Crippen molar-refractivity contribution in [3.63, 3.8) is 0 Å². The molecule has 106 valence electrons. The number of aryl methyl sites for hydroxylation is 1. The Morgan fingerprint density at radius 3 is 2.55 bits per heavy atom. The number of aromatic nitrogens is 1. The molecule has 4 nitrogen and oxygen atoms in total. The smallest absolute Gasteiger partial charge is 0.351 e. The van der Waals surface area contributed by atoms with Gasteiger partial charge in [-0.3, -0.25) is 0 Å². The van der Waals surface area contributed by atoms with Gasteiger partial charge in [-0.1, -0.05) is 40.9 Å². The molecule has 1 aromatic carbocycles. The van der Waals surface area contributed by atoms with E-state index in [1.807, 2.05) is 31.2 Å². The molecule has 0 aliphatic rings. The van der Waals surface area contributed by atoms with Gasteiger partial charge in [-0.2, -0.15) is 4.37 Å². The Kier molecular flexibility index (Phi) is 5.23. The first kappa shape index (κ1) is 15.1. The van der Waals surface area contributed by atoms with Gasteiger partial charge in [0.1, 0.15) is 24.0 Å². The first-order chi connectivity index (χ1) is 9.58. The van der Waals surface area contributed by atoms with Crippen LogP contribution in [0.15, 0.2) is 24.3 Å². The van der Waals surface area contributed by atoms with Crippen LogP contribution in [-0.2, 0) is 4.74 Å². The van der Waals surface area contributed by atoms with E-state index in [0.717, 1.165) is 22.8 Å². The molecule has 0 unspecified atom stereocenters. The van der Waals surface area contributed by atoms with Crippen molar-refractivity contribution in [2.24, 2.45) is 0 Å². The maximum absolute atomic E-state index is 11.7. The molecule has 0 aliphatic heterocycles. The Balaban J connectivity index is 1.77. The highest BCUT2D eigenvalue weighted by molar-refractivity contribution is 7.09. The van der Waals surface area contributed by atoms with Gasteiger partial charge in [-0.25, -0.2) is 4.79 Å². The molecular weight excluding hydrogens is 321 g/mol. The summed E-state index contributed by atoms with van der Waals surface area (Å²) in [5, 5.41) is 0.237. The topological polar surface area (TPSA) is 48.4 Å². The summed E-state index contributed by atoms with van der Waals surface area (Å²) < 4.78 is 14.2. The lowest BCUT2D eigenvalue weighted by atomic mass is 10.2. The van der Waals surface area contributed by atoms with E-state index in [4.69, 9.17) is 32.7 Å². The molecule has 0 saturated carbocycles. The molecule has 0 aliphatic carbocycles. The van der Waals surface area contributed by atoms with Crippen LogP contribution in [0, 0.1) is 6.92 Å². The van der Waals surface area contributed by atoms with Crippen LogP contribution in [0.25, 0.3) is 0 Å². The van der Waals surface area contributed by atoms with Crippen molar-refractivity contribution in [1.29, 1.82) is 0 Å². The molecule has 1 aromatic heterocycles. The summed E-state index contributed by atoms with van der Waals surface area (Å²) >= 11 is 12.4. The van der Waals surface area contributed by atoms with Gasteiger partial charge in [-0.05, 0) is 30.6 Å². The minimum atomic E-state index is -0.549. The maximum atomic E-state index is 11.7.